The number of nitrogens with one attached hydrogen (secondary N) is 1. The van der Waals surface area contributed by atoms with E-state index in [1.807, 2.05) is 6.92 Å². The second-order valence-electron chi connectivity index (χ2n) is 4.44. The van der Waals surface area contributed by atoms with E-state index < -0.39 is 11.6 Å². The molecule has 0 saturated heterocycles. The molecule has 0 amide bonds. The largest absolute Gasteiger partial charge is 0.508 e. The molecule has 0 spiro atoms. The van der Waals surface area contributed by atoms with Crippen LogP contribution in [0.2, 0.25) is 0 Å². The molecule has 0 aliphatic carbocycles. The van der Waals surface area contributed by atoms with Gasteiger partial charge >= 0.3 is 0 Å². The molecule has 20 heavy (non-hydrogen) atoms. The molecule has 106 valence electrons. The van der Waals surface area contributed by atoms with Crippen LogP contribution in [0.3, 0.4) is 0 Å². The van der Waals surface area contributed by atoms with Crippen LogP contribution in [0, 0.1) is 11.6 Å². The first kappa shape index (κ1) is 14.8. The van der Waals surface area contributed by atoms with Crippen molar-refractivity contribution in [2.75, 3.05) is 5.32 Å². The van der Waals surface area contributed by atoms with Crippen LogP contribution < -0.4 is 5.32 Å². The quantitative estimate of drug-likeness (QED) is 0.820. The Bertz CT molecular complexity index is 619. The molecule has 2 rings (SSSR count). The van der Waals surface area contributed by atoms with Gasteiger partial charge in [0.05, 0.1) is 6.04 Å². The summed E-state index contributed by atoms with van der Waals surface area (Å²) in [4.78, 5) is 0. The highest BCUT2D eigenvalue weighted by Crippen LogP contribution is 2.32. The van der Waals surface area contributed by atoms with Crippen LogP contribution in [-0.4, -0.2) is 5.11 Å². The molecule has 0 saturated carbocycles. The van der Waals surface area contributed by atoms with Gasteiger partial charge in [0, 0.05) is 21.8 Å². The number of anilines is 1. The topological polar surface area (TPSA) is 32.3 Å². The van der Waals surface area contributed by atoms with Crippen LogP contribution in [0.1, 0.15) is 24.9 Å². The summed E-state index contributed by atoms with van der Waals surface area (Å²) in [7, 11) is 0. The monoisotopic (exact) mass is 341 g/mol. The van der Waals surface area contributed by atoms with Crippen molar-refractivity contribution in [2.24, 2.45) is 0 Å². The lowest BCUT2D eigenvalue weighted by Gasteiger charge is -2.20. The van der Waals surface area contributed by atoms with Crippen LogP contribution >= 0.6 is 15.9 Å². The zero-order chi connectivity index (χ0) is 14.7. The highest BCUT2D eigenvalue weighted by molar-refractivity contribution is 9.10. The third-order valence-corrected chi connectivity index (χ3v) is 3.53. The van der Waals surface area contributed by atoms with Crippen LogP contribution in [0.15, 0.2) is 40.9 Å². The van der Waals surface area contributed by atoms with Crippen molar-refractivity contribution in [1.82, 2.24) is 0 Å². The van der Waals surface area contributed by atoms with Gasteiger partial charge in [0.1, 0.15) is 5.75 Å². The minimum absolute atomic E-state index is 0.162. The Morgan fingerprint density at radius 2 is 1.90 bits per heavy atom. The molecule has 0 fully saturated rings. The van der Waals surface area contributed by atoms with Crippen LogP contribution in [0.25, 0.3) is 0 Å². The number of phenols is 1. The Labute approximate surface area is 124 Å². The fourth-order valence-corrected chi connectivity index (χ4v) is 2.37. The summed E-state index contributed by atoms with van der Waals surface area (Å²) >= 11 is 3.35. The van der Waals surface area contributed by atoms with Crippen LogP contribution in [0.4, 0.5) is 14.5 Å². The lowest BCUT2D eigenvalue weighted by atomic mass is 10.0. The van der Waals surface area contributed by atoms with Crippen molar-refractivity contribution in [3.05, 3.63) is 58.1 Å². The van der Waals surface area contributed by atoms with E-state index in [4.69, 9.17) is 0 Å². The van der Waals surface area contributed by atoms with Crippen molar-refractivity contribution in [2.45, 2.75) is 19.4 Å². The Morgan fingerprint density at radius 1 is 1.15 bits per heavy atom. The molecule has 0 aliphatic rings. The maximum Gasteiger partial charge on any atom is 0.160 e. The molecule has 2 aromatic rings. The summed E-state index contributed by atoms with van der Waals surface area (Å²) in [5, 5.41) is 13.0. The van der Waals surface area contributed by atoms with E-state index in [2.05, 4.69) is 21.2 Å². The molecular weight excluding hydrogens is 328 g/mol. The van der Waals surface area contributed by atoms with E-state index in [0.717, 1.165) is 16.6 Å². The number of rotatable bonds is 4. The van der Waals surface area contributed by atoms with Crippen molar-refractivity contribution >= 4 is 21.6 Å². The number of halogens is 3. The minimum Gasteiger partial charge on any atom is -0.508 e. The van der Waals surface area contributed by atoms with Gasteiger partial charge < -0.3 is 10.4 Å². The van der Waals surface area contributed by atoms with E-state index in [1.165, 1.54) is 6.07 Å². The number of hydrogen-bond donors (Lipinski definition) is 2. The predicted octanol–water partition coefficient (Wildman–Crippen LogP) is 5.00. The fraction of sp³-hybridized carbons (Fsp3) is 0.200. The summed E-state index contributed by atoms with van der Waals surface area (Å²) < 4.78 is 27.0. The number of hydrogen-bond acceptors (Lipinski definition) is 2. The van der Waals surface area contributed by atoms with Crippen LogP contribution in [-0.2, 0) is 0 Å². The van der Waals surface area contributed by atoms with Gasteiger partial charge in [-0.25, -0.2) is 8.78 Å². The maximum atomic E-state index is 13.2. The van der Waals surface area contributed by atoms with Gasteiger partial charge in [0.25, 0.3) is 0 Å². The van der Waals surface area contributed by atoms with Crippen molar-refractivity contribution in [3.8, 4) is 5.75 Å². The van der Waals surface area contributed by atoms with Gasteiger partial charge in [-0.05, 0) is 36.8 Å². The molecule has 0 heterocycles. The zero-order valence-electron chi connectivity index (χ0n) is 10.8. The molecule has 2 nitrogen and oxygen atoms in total. The smallest absolute Gasteiger partial charge is 0.160 e. The van der Waals surface area contributed by atoms with Crippen molar-refractivity contribution < 1.29 is 13.9 Å². The Morgan fingerprint density at radius 3 is 2.55 bits per heavy atom. The van der Waals surface area contributed by atoms with E-state index >= 15 is 0 Å². The average Bonchev–Trinajstić information content (AvgIpc) is 2.43. The summed E-state index contributed by atoms with van der Waals surface area (Å²) in [6, 6.07) is 8.58. The normalized spacial score (nSPS) is 12.2. The van der Waals surface area contributed by atoms with Crippen LogP contribution in [0.5, 0.6) is 5.75 Å². The molecule has 0 radical (unpaired) electrons. The molecule has 2 N–H and O–H groups in total. The van der Waals surface area contributed by atoms with E-state index in [1.54, 1.807) is 18.2 Å². The lowest BCUT2D eigenvalue weighted by molar-refractivity contribution is 0.462. The molecule has 5 heteroatoms. The first-order chi connectivity index (χ1) is 9.51. The van der Waals surface area contributed by atoms with E-state index in [9.17, 15) is 13.9 Å². The average molecular weight is 342 g/mol. The van der Waals surface area contributed by atoms with Gasteiger partial charge in [-0.15, -0.1) is 0 Å². The van der Waals surface area contributed by atoms with Gasteiger partial charge in [-0.3, -0.25) is 0 Å². The third-order valence-electron chi connectivity index (χ3n) is 3.03. The second-order valence-corrected chi connectivity index (χ2v) is 5.35. The maximum absolute atomic E-state index is 13.2. The Kier molecular flexibility index (Phi) is 4.60. The summed E-state index contributed by atoms with van der Waals surface area (Å²) in [6.07, 6.45) is 0.684. The highest BCUT2D eigenvalue weighted by atomic mass is 79.9. The SMILES string of the molecule is CCC(Nc1ccc(F)c(F)c1)c1cc(Br)ccc1O. The first-order valence-corrected chi connectivity index (χ1v) is 7.00. The zero-order valence-corrected chi connectivity index (χ0v) is 12.4. The third kappa shape index (κ3) is 3.28. The summed E-state index contributed by atoms with van der Waals surface area (Å²) in [5.41, 5.74) is 1.17. The summed E-state index contributed by atoms with van der Waals surface area (Å²) in [5.74, 6) is -1.62. The first-order valence-electron chi connectivity index (χ1n) is 6.21. The lowest BCUT2D eigenvalue weighted by Crippen LogP contribution is -2.10. The molecule has 2 aromatic carbocycles. The molecule has 0 aromatic heterocycles. The summed E-state index contributed by atoms with van der Waals surface area (Å²) in [6.45, 7) is 1.94. The molecule has 1 atom stereocenters. The van der Waals surface area contributed by atoms with E-state index in [0.29, 0.717) is 17.7 Å². The number of aromatic hydroxyl groups is 1. The van der Waals surface area contributed by atoms with Gasteiger partial charge in [0.15, 0.2) is 11.6 Å². The van der Waals surface area contributed by atoms with Crippen molar-refractivity contribution in [1.29, 1.82) is 0 Å². The number of benzene rings is 2. The number of phenolic OH excluding ortho intramolecular Hbond substituents is 1. The van der Waals surface area contributed by atoms with Gasteiger partial charge in [-0.2, -0.15) is 0 Å². The predicted molar refractivity (Wildman–Crippen MR) is 78.8 cm³/mol. The highest BCUT2D eigenvalue weighted by Gasteiger charge is 2.14. The Hall–Kier alpha value is -1.62. The minimum atomic E-state index is -0.900. The molecule has 0 bridgehead atoms. The molecule has 1 unspecified atom stereocenters. The van der Waals surface area contributed by atoms with Gasteiger partial charge in [-0.1, -0.05) is 22.9 Å². The van der Waals surface area contributed by atoms with E-state index in [-0.39, 0.29) is 11.8 Å². The molecule has 0 aliphatic heterocycles. The molecular formula is C15H14BrF2NO. The van der Waals surface area contributed by atoms with Crippen molar-refractivity contribution in [3.63, 3.8) is 0 Å². The Balaban J connectivity index is 2.28. The second kappa shape index (κ2) is 6.22. The standard InChI is InChI=1S/C15H14BrF2NO/c1-2-14(11-7-9(16)3-6-15(11)20)19-10-4-5-12(17)13(18)8-10/h3-8,14,19-20H,2H2,1H3. The fourth-order valence-electron chi connectivity index (χ4n) is 1.99. The van der Waals surface area contributed by atoms with Gasteiger partial charge in [0.2, 0.25) is 0 Å².